The molecule has 0 saturated heterocycles. The molecule has 0 radical (unpaired) electrons. The van der Waals surface area contributed by atoms with Gasteiger partial charge in [-0.05, 0) is 37.1 Å². The summed E-state index contributed by atoms with van der Waals surface area (Å²) in [6.45, 7) is 0. The first kappa shape index (κ1) is 19.5. The van der Waals surface area contributed by atoms with Crippen molar-refractivity contribution in [3.05, 3.63) is 63.8 Å². The van der Waals surface area contributed by atoms with E-state index in [4.69, 9.17) is 9.47 Å². The van der Waals surface area contributed by atoms with Crippen LogP contribution >= 0.6 is 15.9 Å². The van der Waals surface area contributed by atoms with Crippen molar-refractivity contribution in [1.29, 1.82) is 0 Å². The lowest BCUT2D eigenvalue weighted by atomic mass is 9.93. The molecule has 2 aromatic carbocycles. The zero-order chi connectivity index (χ0) is 20.7. The Balaban J connectivity index is 1.93. The van der Waals surface area contributed by atoms with Crippen LogP contribution in [0.5, 0.6) is 11.5 Å². The van der Waals surface area contributed by atoms with E-state index >= 15 is 0 Å². The number of ketones is 1. The number of para-hydroxylation sites is 1. The number of hydrogen-bond acceptors (Lipinski definition) is 5. The van der Waals surface area contributed by atoms with Crippen LogP contribution in [0.25, 0.3) is 0 Å². The lowest BCUT2D eigenvalue weighted by Gasteiger charge is -2.28. The lowest BCUT2D eigenvalue weighted by Crippen LogP contribution is -2.31. The summed E-state index contributed by atoms with van der Waals surface area (Å²) in [5.41, 5.74) is 1.25. The number of aliphatic hydroxyl groups excluding tert-OH is 1. The molecule has 1 fully saturated rings. The fourth-order valence-corrected chi connectivity index (χ4v) is 4.12. The van der Waals surface area contributed by atoms with Crippen LogP contribution in [-0.4, -0.2) is 31.0 Å². The van der Waals surface area contributed by atoms with Gasteiger partial charge in [-0.1, -0.05) is 34.1 Å². The number of rotatable bonds is 6. The van der Waals surface area contributed by atoms with Gasteiger partial charge < -0.3 is 14.6 Å². The highest BCUT2D eigenvalue weighted by Crippen LogP contribution is 2.49. The molecule has 1 aliphatic heterocycles. The average Bonchev–Trinajstić information content (AvgIpc) is 3.53. The summed E-state index contributed by atoms with van der Waals surface area (Å²) in [5, 5.41) is 10.7. The van der Waals surface area contributed by atoms with Crippen LogP contribution in [0.2, 0.25) is 0 Å². The van der Waals surface area contributed by atoms with Crippen molar-refractivity contribution >= 4 is 33.3 Å². The molecular weight excluding hydrogens is 438 g/mol. The molecule has 6 nitrogen and oxygen atoms in total. The molecule has 2 aromatic rings. The van der Waals surface area contributed by atoms with Gasteiger partial charge in [0, 0.05) is 21.6 Å². The maximum absolute atomic E-state index is 13.1. The predicted octanol–water partition coefficient (Wildman–Crippen LogP) is 4.35. The molecule has 1 N–H and O–H groups in total. The van der Waals surface area contributed by atoms with Gasteiger partial charge in [0.05, 0.1) is 25.8 Å². The van der Waals surface area contributed by atoms with Crippen molar-refractivity contribution in [1.82, 2.24) is 0 Å². The van der Waals surface area contributed by atoms with Crippen LogP contribution in [0, 0.1) is 5.92 Å². The third kappa shape index (κ3) is 3.29. The standard InChI is InChI=1S/C22H20BrNO5/c1-28-16-8-4-7-15(21(16)29-2)18-17(19(25)12-9-10-12)20(26)22(27)24(18)14-6-3-5-13(23)11-14/h3-8,11-12,18,26H,9-10H2,1-2H3. The number of benzene rings is 2. The predicted molar refractivity (Wildman–Crippen MR) is 111 cm³/mol. The maximum Gasteiger partial charge on any atom is 0.294 e. The van der Waals surface area contributed by atoms with E-state index in [0.717, 1.165) is 17.3 Å². The number of methoxy groups -OCH3 is 2. The molecular formula is C22H20BrNO5. The number of ether oxygens (including phenoxy) is 2. The third-order valence-electron chi connectivity index (χ3n) is 5.24. The van der Waals surface area contributed by atoms with E-state index in [1.807, 2.05) is 6.07 Å². The Kier molecular flexibility index (Phi) is 5.08. The quantitative estimate of drug-likeness (QED) is 0.697. The largest absolute Gasteiger partial charge is 0.503 e. The van der Waals surface area contributed by atoms with Crippen molar-refractivity contribution in [2.24, 2.45) is 5.92 Å². The highest BCUT2D eigenvalue weighted by Gasteiger charge is 2.48. The second-order valence-corrected chi connectivity index (χ2v) is 7.96. The summed E-state index contributed by atoms with van der Waals surface area (Å²) in [5.74, 6) is -0.553. The second-order valence-electron chi connectivity index (χ2n) is 7.04. The van der Waals surface area contributed by atoms with Crippen LogP contribution in [0.1, 0.15) is 24.4 Å². The molecule has 1 atom stereocenters. The molecule has 0 bridgehead atoms. The smallest absolute Gasteiger partial charge is 0.294 e. The number of nitrogens with zero attached hydrogens (tertiary/aromatic N) is 1. The summed E-state index contributed by atoms with van der Waals surface area (Å²) in [6, 6.07) is 11.7. The molecule has 1 unspecified atom stereocenters. The van der Waals surface area contributed by atoms with Gasteiger partial charge in [-0.3, -0.25) is 14.5 Å². The first-order valence-electron chi connectivity index (χ1n) is 9.25. The highest BCUT2D eigenvalue weighted by molar-refractivity contribution is 9.10. The molecule has 29 heavy (non-hydrogen) atoms. The van der Waals surface area contributed by atoms with Gasteiger partial charge in [-0.2, -0.15) is 0 Å². The maximum atomic E-state index is 13.1. The van der Waals surface area contributed by atoms with E-state index in [2.05, 4.69) is 15.9 Å². The first-order chi connectivity index (χ1) is 14.0. The number of carbonyl (C=O) groups is 2. The number of hydrogen-bond donors (Lipinski definition) is 1. The molecule has 1 saturated carbocycles. The topological polar surface area (TPSA) is 76.1 Å². The van der Waals surface area contributed by atoms with Crippen LogP contribution in [0.4, 0.5) is 5.69 Å². The SMILES string of the molecule is COc1cccc(C2C(C(=O)C3CC3)=C(O)C(=O)N2c2cccc(Br)c2)c1OC. The fourth-order valence-electron chi connectivity index (χ4n) is 3.74. The molecule has 150 valence electrons. The number of aliphatic hydroxyl groups is 1. The molecule has 2 aliphatic rings. The number of amides is 1. The Morgan fingerprint density at radius 2 is 1.86 bits per heavy atom. The second kappa shape index (κ2) is 7.55. The number of carbonyl (C=O) groups excluding carboxylic acids is 2. The molecule has 0 spiro atoms. The van der Waals surface area contributed by atoms with Gasteiger partial charge in [-0.15, -0.1) is 0 Å². The number of Topliss-reactive ketones (excluding diaryl/α,β-unsaturated/α-hetero) is 1. The summed E-state index contributed by atoms with van der Waals surface area (Å²) < 4.78 is 11.8. The van der Waals surface area contributed by atoms with Crippen molar-refractivity contribution < 1.29 is 24.2 Å². The third-order valence-corrected chi connectivity index (χ3v) is 5.73. The molecule has 1 aliphatic carbocycles. The zero-order valence-electron chi connectivity index (χ0n) is 16.0. The Morgan fingerprint density at radius 1 is 1.14 bits per heavy atom. The average molecular weight is 458 g/mol. The first-order valence-corrected chi connectivity index (χ1v) is 10.0. The van der Waals surface area contributed by atoms with E-state index < -0.39 is 17.7 Å². The normalized spacial score (nSPS) is 18.9. The van der Waals surface area contributed by atoms with E-state index in [-0.39, 0.29) is 17.3 Å². The van der Waals surface area contributed by atoms with Gasteiger partial charge >= 0.3 is 0 Å². The van der Waals surface area contributed by atoms with E-state index in [1.165, 1.54) is 19.1 Å². The molecule has 1 amide bonds. The Morgan fingerprint density at radius 3 is 2.48 bits per heavy atom. The lowest BCUT2D eigenvalue weighted by molar-refractivity contribution is -0.118. The molecule has 0 aromatic heterocycles. The van der Waals surface area contributed by atoms with E-state index in [0.29, 0.717) is 22.7 Å². The zero-order valence-corrected chi connectivity index (χ0v) is 17.6. The summed E-state index contributed by atoms with van der Waals surface area (Å²) in [7, 11) is 3.03. The van der Waals surface area contributed by atoms with Crippen molar-refractivity contribution in [3.8, 4) is 11.5 Å². The Hall–Kier alpha value is -2.80. The van der Waals surface area contributed by atoms with Crippen LogP contribution in [0.15, 0.2) is 58.3 Å². The van der Waals surface area contributed by atoms with Gasteiger partial charge in [-0.25, -0.2) is 0 Å². The van der Waals surface area contributed by atoms with Gasteiger partial charge in [0.15, 0.2) is 23.0 Å². The minimum absolute atomic E-state index is 0.115. The summed E-state index contributed by atoms with van der Waals surface area (Å²) in [4.78, 5) is 27.6. The molecule has 7 heteroatoms. The molecule has 1 heterocycles. The highest BCUT2D eigenvalue weighted by atomic mass is 79.9. The summed E-state index contributed by atoms with van der Waals surface area (Å²) in [6.07, 6.45) is 1.53. The van der Waals surface area contributed by atoms with Gasteiger partial charge in [0.25, 0.3) is 5.91 Å². The summed E-state index contributed by atoms with van der Waals surface area (Å²) >= 11 is 3.42. The van der Waals surface area contributed by atoms with Crippen molar-refractivity contribution in [3.63, 3.8) is 0 Å². The van der Waals surface area contributed by atoms with Crippen molar-refractivity contribution in [2.45, 2.75) is 18.9 Å². The van der Waals surface area contributed by atoms with Crippen LogP contribution in [-0.2, 0) is 9.59 Å². The van der Waals surface area contributed by atoms with Crippen LogP contribution < -0.4 is 14.4 Å². The van der Waals surface area contributed by atoms with E-state index in [1.54, 1.807) is 36.4 Å². The molecule has 4 rings (SSSR count). The van der Waals surface area contributed by atoms with Gasteiger partial charge in [0.1, 0.15) is 0 Å². The van der Waals surface area contributed by atoms with Crippen molar-refractivity contribution in [2.75, 3.05) is 19.1 Å². The Bertz CT molecular complexity index is 1030. The minimum Gasteiger partial charge on any atom is -0.503 e. The Labute approximate surface area is 176 Å². The number of anilines is 1. The van der Waals surface area contributed by atoms with E-state index in [9.17, 15) is 14.7 Å². The van der Waals surface area contributed by atoms with Gasteiger partial charge in [0.2, 0.25) is 0 Å². The fraction of sp³-hybridized carbons (Fsp3) is 0.273. The minimum atomic E-state index is -0.810. The number of halogens is 1. The van der Waals surface area contributed by atoms with Crippen LogP contribution in [0.3, 0.4) is 0 Å². The monoisotopic (exact) mass is 457 g/mol.